The summed E-state index contributed by atoms with van der Waals surface area (Å²) in [7, 11) is 0. The van der Waals surface area contributed by atoms with E-state index in [2.05, 4.69) is 18.7 Å². The molecule has 0 aromatic rings. The standard InChI is InChI=1S/C21H35NO2/c1-15(2)21(13-17-8-3-4-9-18(17)14-21)24-20(23)22-12-11-16-7-5-6-10-19(16)22/h15-19H,3-14H2,1-2H3. The fourth-order valence-electron chi connectivity index (χ4n) is 6.33. The quantitative estimate of drug-likeness (QED) is 0.678. The van der Waals surface area contributed by atoms with Gasteiger partial charge in [-0.05, 0) is 55.8 Å². The van der Waals surface area contributed by atoms with Gasteiger partial charge in [0.1, 0.15) is 5.60 Å². The summed E-state index contributed by atoms with van der Waals surface area (Å²) < 4.78 is 6.37. The lowest BCUT2D eigenvalue weighted by molar-refractivity contribution is -0.0434. The van der Waals surface area contributed by atoms with Gasteiger partial charge in [0.25, 0.3) is 0 Å². The molecule has 1 saturated heterocycles. The zero-order valence-electron chi connectivity index (χ0n) is 15.6. The number of carbonyl (C=O) groups is 1. The summed E-state index contributed by atoms with van der Waals surface area (Å²) in [5.41, 5.74) is -0.191. The van der Waals surface area contributed by atoms with Gasteiger partial charge in [0.05, 0.1) is 0 Å². The van der Waals surface area contributed by atoms with E-state index in [4.69, 9.17) is 4.74 Å². The molecule has 0 aromatic carbocycles. The van der Waals surface area contributed by atoms with Crippen LogP contribution in [0.25, 0.3) is 0 Å². The molecule has 4 atom stereocenters. The Bertz CT molecular complexity index is 460. The number of hydrogen-bond acceptors (Lipinski definition) is 2. The lowest BCUT2D eigenvalue weighted by Gasteiger charge is -2.38. The monoisotopic (exact) mass is 333 g/mol. The third-order valence-electron chi connectivity index (χ3n) is 7.87. The zero-order chi connectivity index (χ0) is 16.7. The first-order valence-corrected chi connectivity index (χ1v) is 10.6. The van der Waals surface area contributed by atoms with Crippen molar-refractivity contribution in [3.63, 3.8) is 0 Å². The van der Waals surface area contributed by atoms with Crippen molar-refractivity contribution in [2.75, 3.05) is 6.54 Å². The van der Waals surface area contributed by atoms with Crippen molar-refractivity contribution < 1.29 is 9.53 Å². The van der Waals surface area contributed by atoms with Crippen molar-refractivity contribution >= 4 is 6.09 Å². The average Bonchev–Trinajstić information content (AvgIpc) is 3.16. The first-order chi connectivity index (χ1) is 11.6. The van der Waals surface area contributed by atoms with Crippen LogP contribution in [-0.2, 0) is 4.74 Å². The van der Waals surface area contributed by atoms with Crippen molar-refractivity contribution in [1.82, 2.24) is 4.90 Å². The normalized spacial score (nSPS) is 42.0. The summed E-state index contributed by atoms with van der Waals surface area (Å²) in [6.07, 6.45) is 14.0. The highest BCUT2D eigenvalue weighted by Crippen LogP contribution is 2.52. The maximum Gasteiger partial charge on any atom is 0.410 e. The van der Waals surface area contributed by atoms with E-state index in [1.165, 1.54) is 57.8 Å². The molecule has 4 fully saturated rings. The number of fused-ring (bicyclic) bond motifs is 2. The lowest BCUT2D eigenvalue weighted by atomic mass is 9.82. The molecule has 0 bridgehead atoms. The molecule has 0 aromatic heterocycles. The Balaban J connectivity index is 1.46. The molecular formula is C21H35NO2. The zero-order valence-corrected chi connectivity index (χ0v) is 15.6. The second kappa shape index (κ2) is 6.53. The molecule has 24 heavy (non-hydrogen) atoms. The van der Waals surface area contributed by atoms with Crippen LogP contribution in [-0.4, -0.2) is 29.2 Å². The Morgan fingerprint density at radius 1 is 0.917 bits per heavy atom. The van der Waals surface area contributed by atoms with Gasteiger partial charge in [-0.3, -0.25) is 0 Å². The van der Waals surface area contributed by atoms with Gasteiger partial charge in [0.2, 0.25) is 0 Å². The Hall–Kier alpha value is -0.730. The highest BCUT2D eigenvalue weighted by atomic mass is 16.6. The fourth-order valence-corrected chi connectivity index (χ4v) is 6.33. The van der Waals surface area contributed by atoms with Gasteiger partial charge in [0.15, 0.2) is 0 Å². The molecule has 0 N–H and O–H groups in total. The van der Waals surface area contributed by atoms with Crippen LogP contribution >= 0.6 is 0 Å². The van der Waals surface area contributed by atoms with Gasteiger partial charge in [-0.2, -0.15) is 0 Å². The Morgan fingerprint density at radius 2 is 1.50 bits per heavy atom. The molecule has 4 rings (SSSR count). The molecular weight excluding hydrogens is 298 g/mol. The summed E-state index contributed by atoms with van der Waals surface area (Å²) in [5.74, 6) is 2.77. The minimum atomic E-state index is -0.191. The molecule has 4 aliphatic rings. The Labute approximate surface area is 147 Å². The van der Waals surface area contributed by atoms with Gasteiger partial charge in [0, 0.05) is 12.6 Å². The SMILES string of the molecule is CC(C)C1(OC(=O)N2CCC3CCCCC32)CC2CCCCC2C1. The molecule has 0 radical (unpaired) electrons. The predicted molar refractivity (Wildman–Crippen MR) is 95.8 cm³/mol. The van der Waals surface area contributed by atoms with Gasteiger partial charge < -0.3 is 9.64 Å². The van der Waals surface area contributed by atoms with Gasteiger partial charge in [-0.1, -0.05) is 52.4 Å². The van der Waals surface area contributed by atoms with Gasteiger partial charge in [-0.25, -0.2) is 4.79 Å². The van der Waals surface area contributed by atoms with Crippen LogP contribution in [0.15, 0.2) is 0 Å². The van der Waals surface area contributed by atoms with Crippen LogP contribution in [0.3, 0.4) is 0 Å². The van der Waals surface area contributed by atoms with Crippen LogP contribution in [0.2, 0.25) is 0 Å². The number of rotatable bonds is 2. The van der Waals surface area contributed by atoms with Crippen LogP contribution in [0.1, 0.15) is 84.5 Å². The van der Waals surface area contributed by atoms with Gasteiger partial charge in [-0.15, -0.1) is 0 Å². The van der Waals surface area contributed by atoms with Crippen molar-refractivity contribution in [3.05, 3.63) is 0 Å². The van der Waals surface area contributed by atoms with E-state index in [1.807, 2.05) is 0 Å². The van der Waals surface area contributed by atoms with E-state index in [0.717, 1.165) is 37.1 Å². The summed E-state index contributed by atoms with van der Waals surface area (Å²) in [5, 5.41) is 0. The van der Waals surface area contributed by atoms with Gasteiger partial charge >= 0.3 is 6.09 Å². The topological polar surface area (TPSA) is 29.5 Å². The summed E-state index contributed by atoms with van der Waals surface area (Å²) >= 11 is 0. The van der Waals surface area contributed by atoms with Crippen LogP contribution in [0, 0.1) is 23.7 Å². The highest BCUT2D eigenvalue weighted by molar-refractivity contribution is 5.69. The Morgan fingerprint density at radius 3 is 2.12 bits per heavy atom. The fraction of sp³-hybridized carbons (Fsp3) is 0.952. The Kier molecular flexibility index (Phi) is 4.55. The summed E-state index contributed by atoms with van der Waals surface area (Å²) in [6.45, 7) is 5.45. The number of ether oxygens (including phenoxy) is 1. The number of likely N-dealkylation sites (tertiary alicyclic amines) is 1. The van der Waals surface area contributed by atoms with E-state index < -0.39 is 0 Å². The maximum atomic E-state index is 13.1. The van der Waals surface area contributed by atoms with Crippen molar-refractivity contribution in [2.45, 2.75) is 96.1 Å². The predicted octanol–water partition coefficient (Wildman–Crippen LogP) is 5.38. The minimum Gasteiger partial charge on any atom is -0.442 e. The van der Waals surface area contributed by atoms with E-state index >= 15 is 0 Å². The first kappa shape index (κ1) is 16.7. The smallest absolute Gasteiger partial charge is 0.410 e. The molecule has 3 saturated carbocycles. The van der Waals surface area contributed by atoms with Crippen LogP contribution < -0.4 is 0 Å². The van der Waals surface area contributed by atoms with E-state index in [-0.39, 0.29) is 11.7 Å². The van der Waals surface area contributed by atoms with Crippen molar-refractivity contribution in [2.24, 2.45) is 23.7 Å². The first-order valence-electron chi connectivity index (χ1n) is 10.6. The third kappa shape index (κ3) is 2.86. The van der Waals surface area contributed by atoms with E-state index in [1.54, 1.807) is 0 Å². The molecule has 3 heteroatoms. The molecule has 3 nitrogen and oxygen atoms in total. The average molecular weight is 334 g/mol. The number of carbonyl (C=O) groups excluding carboxylic acids is 1. The van der Waals surface area contributed by atoms with E-state index in [0.29, 0.717) is 12.0 Å². The minimum absolute atomic E-state index is 0.0109. The maximum absolute atomic E-state index is 13.1. The van der Waals surface area contributed by atoms with Crippen LogP contribution in [0.5, 0.6) is 0 Å². The summed E-state index contributed by atoms with van der Waals surface area (Å²) in [6, 6.07) is 0.471. The largest absolute Gasteiger partial charge is 0.442 e. The van der Waals surface area contributed by atoms with E-state index in [9.17, 15) is 4.79 Å². The molecule has 1 aliphatic heterocycles. The number of nitrogens with zero attached hydrogens (tertiary/aromatic N) is 1. The van der Waals surface area contributed by atoms with Crippen molar-refractivity contribution in [1.29, 1.82) is 0 Å². The van der Waals surface area contributed by atoms with Crippen molar-refractivity contribution in [3.8, 4) is 0 Å². The highest BCUT2D eigenvalue weighted by Gasteiger charge is 2.51. The summed E-state index contributed by atoms with van der Waals surface area (Å²) in [4.78, 5) is 15.2. The lowest BCUT2D eigenvalue weighted by Crippen LogP contribution is -2.46. The molecule has 4 unspecified atom stereocenters. The molecule has 1 heterocycles. The molecule has 0 spiro atoms. The third-order valence-corrected chi connectivity index (χ3v) is 7.87. The van der Waals surface area contributed by atoms with Crippen LogP contribution in [0.4, 0.5) is 4.79 Å². The molecule has 136 valence electrons. The number of amides is 1. The molecule has 3 aliphatic carbocycles. The molecule has 1 amide bonds. The second-order valence-electron chi connectivity index (χ2n) is 9.39. The number of hydrogen-bond donors (Lipinski definition) is 0. The second-order valence-corrected chi connectivity index (χ2v) is 9.39.